The van der Waals surface area contributed by atoms with Crippen LogP contribution in [0.3, 0.4) is 0 Å². The first-order valence-corrected chi connectivity index (χ1v) is 12.4. The summed E-state index contributed by atoms with van der Waals surface area (Å²) in [4.78, 5) is 23.8. The largest absolute Gasteiger partial charge is 0.486 e. The number of carbonyl (C=O) groups is 2. The predicted molar refractivity (Wildman–Crippen MR) is 138 cm³/mol. The Bertz CT molecular complexity index is 1110. The number of hydrogen-bond acceptors (Lipinski definition) is 6. The zero-order chi connectivity index (χ0) is 26.5. The fourth-order valence-corrected chi connectivity index (χ4v) is 3.79. The van der Waals surface area contributed by atoms with E-state index in [-0.39, 0.29) is 24.6 Å². The summed E-state index contributed by atoms with van der Waals surface area (Å²) >= 11 is 0. The Morgan fingerprint density at radius 2 is 1.68 bits per heavy atom. The van der Waals surface area contributed by atoms with Crippen molar-refractivity contribution in [3.8, 4) is 5.75 Å². The predicted octanol–water partition coefficient (Wildman–Crippen LogP) is 5.12. The van der Waals surface area contributed by atoms with E-state index < -0.39 is 12.1 Å². The summed E-state index contributed by atoms with van der Waals surface area (Å²) in [5, 5.41) is 14.7. The molecule has 0 aliphatic rings. The molecule has 3 N–H and O–H groups in total. The molecule has 2 aromatic carbocycles. The van der Waals surface area contributed by atoms with Gasteiger partial charge in [0.15, 0.2) is 12.1 Å². The van der Waals surface area contributed by atoms with Crippen molar-refractivity contribution in [2.24, 2.45) is 0 Å². The Balaban J connectivity index is 1.53. The number of ether oxygens (including phenoxy) is 3. The SMILES string of the molecule is CCOC(CCCNC(=O)c1ccc(COc2cccc(C(NC(=O)O)c3ccccc3)c2)o1)OCC. The average Bonchev–Trinajstić information content (AvgIpc) is 3.38. The molecule has 1 heterocycles. The van der Waals surface area contributed by atoms with Crippen LogP contribution in [-0.2, 0) is 16.1 Å². The lowest BCUT2D eigenvalue weighted by Crippen LogP contribution is -2.27. The van der Waals surface area contributed by atoms with E-state index in [4.69, 9.17) is 18.6 Å². The van der Waals surface area contributed by atoms with Gasteiger partial charge in [-0.2, -0.15) is 0 Å². The maximum Gasteiger partial charge on any atom is 0.405 e. The first kappa shape index (κ1) is 27.8. The molecule has 3 rings (SSSR count). The lowest BCUT2D eigenvalue weighted by molar-refractivity contribution is -0.139. The van der Waals surface area contributed by atoms with Gasteiger partial charge in [-0.3, -0.25) is 4.79 Å². The standard InChI is InChI=1S/C28H34N2O7/c1-3-34-25(35-4-2)14-9-17-29-27(31)24-16-15-23(37-24)19-36-22-13-8-12-21(18-22)26(30-28(32)33)20-10-6-5-7-11-20/h5-8,10-13,15-16,18,25-26,30H,3-4,9,14,17,19H2,1-2H3,(H,29,31)(H,32,33). The maximum absolute atomic E-state index is 12.4. The minimum absolute atomic E-state index is 0.115. The Kier molecular flexibility index (Phi) is 11.0. The van der Waals surface area contributed by atoms with Crippen molar-refractivity contribution in [2.45, 2.75) is 45.6 Å². The molecule has 9 heteroatoms. The van der Waals surface area contributed by atoms with Crippen molar-refractivity contribution >= 4 is 12.0 Å². The van der Waals surface area contributed by atoms with Crippen LogP contribution in [0.5, 0.6) is 5.75 Å². The van der Waals surface area contributed by atoms with Gasteiger partial charge in [0, 0.05) is 26.2 Å². The number of carbonyl (C=O) groups excluding carboxylic acids is 1. The van der Waals surface area contributed by atoms with Gasteiger partial charge in [-0.05, 0) is 55.7 Å². The molecule has 9 nitrogen and oxygen atoms in total. The van der Waals surface area contributed by atoms with Gasteiger partial charge < -0.3 is 34.4 Å². The molecule has 1 atom stereocenters. The highest BCUT2D eigenvalue weighted by Gasteiger charge is 2.17. The van der Waals surface area contributed by atoms with Gasteiger partial charge in [0.05, 0.1) is 6.04 Å². The van der Waals surface area contributed by atoms with Crippen LogP contribution in [0.15, 0.2) is 71.1 Å². The highest BCUT2D eigenvalue weighted by Crippen LogP contribution is 2.26. The summed E-state index contributed by atoms with van der Waals surface area (Å²) in [6.45, 7) is 5.57. The third-order valence-electron chi connectivity index (χ3n) is 5.47. The highest BCUT2D eigenvalue weighted by atomic mass is 16.7. The maximum atomic E-state index is 12.4. The summed E-state index contributed by atoms with van der Waals surface area (Å²) in [7, 11) is 0. The van der Waals surface area contributed by atoms with Gasteiger partial charge >= 0.3 is 6.09 Å². The molecule has 37 heavy (non-hydrogen) atoms. The van der Waals surface area contributed by atoms with E-state index >= 15 is 0 Å². The summed E-state index contributed by atoms with van der Waals surface area (Å²) < 4.78 is 22.5. The van der Waals surface area contributed by atoms with Crippen LogP contribution in [-0.4, -0.2) is 43.2 Å². The Labute approximate surface area is 216 Å². The van der Waals surface area contributed by atoms with Crippen LogP contribution < -0.4 is 15.4 Å². The van der Waals surface area contributed by atoms with Gasteiger partial charge in [0.25, 0.3) is 5.91 Å². The van der Waals surface area contributed by atoms with E-state index in [9.17, 15) is 14.7 Å². The van der Waals surface area contributed by atoms with Crippen LogP contribution in [0.2, 0.25) is 0 Å². The van der Waals surface area contributed by atoms with Gasteiger partial charge in [-0.25, -0.2) is 4.79 Å². The number of carboxylic acid groups (broad SMARTS) is 1. The third kappa shape index (κ3) is 8.96. The van der Waals surface area contributed by atoms with Crippen molar-refractivity contribution in [2.75, 3.05) is 19.8 Å². The minimum Gasteiger partial charge on any atom is -0.486 e. The molecule has 0 saturated carbocycles. The molecule has 0 aliphatic carbocycles. The van der Waals surface area contributed by atoms with E-state index in [1.165, 1.54) is 0 Å². The first-order valence-electron chi connectivity index (χ1n) is 12.4. The van der Waals surface area contributed by atoms with Crippen molar-refractivity contribution in [1.29, 1.82) is 0 Å². The normalized spacial score (nSPS) is 11.8. The van der Waals surface area contributed by atoms with Crippen molar-refractivity contribution in [3.05, 3.63) is 89.4 Å². The second-order valence-electron chi connectivity index (χ2n) is 8.16. The fraction of sp³-hybridized carbons (Fsp3) is 0.357. The molecule has 0 saturated heterocycles. The molecule has 0 radical (unpaired) electrons. The second-order valence-corrected chi connectivity index (χ2v) is 8.16. The number of rotatable bonds is 15. The van der Waals surface area contributed by atoms with Gasteiger partial charge in [-0.1, -0.05) is 42.5 Å². The molecule has 0 aliphatic heterocycles. The highest BCUT2D eigenvalue weighted by molar-refractivity contribution is 5.91. The van der Waals surface area contributed by atoms with E-state index in [1.54, 1.807) is 30.3 Å². The van der Waals surface area contributed by atoms with Gasteiger partial charge in [-0.15, -0.1) is 0 Å². The Morgan fingerprint density at radius 1 is 0.946 bits per heavy atom. The topological polar surface area (TPSA) is 119 Å². The molecule has 0 spiro atoms. The third-order valence-corrected chi connectivity index (χ3v) is 5.47. The summed E-state index contributed by atoms with van der Waals surface area (Å²) in [6, 6.07) is 19.3. The van der Waals surface area contributed by atoms with E-state index in [0.717, 1.165) is 11.1 Å². The molecule has 1 unspecified atom stereocenters. The monoisotopic (exact) mass is 510 g/mol. The van der Waals surface area contributed by atoms with Gasteiger partial charge in [0.1, 0.15) is 18.1 Å². The van der Waals surface area contributed by atoms with E-state index in [2.05, 4.69) is 10.6 Å². The number of benzene rings is 2. The molecule has 0 bridgehead atoms. The fourth-order valence-electron chi connectivity index (χ4n) is 3.79. The molecule has 2 amide bonds. The number of hydrogen-bond donors (Lipinski definition) is 3. The van der Waals surface area contributed by atoms with E-state index in [1.807, 2.05) is 50.2 Å². The zero-order valence-electron chi connectivity index (χ0n) is 21.1. The van der Waals surface area contributed by atoms with Crippen molar-refractivity contribution in [1.82, 2.24) is 10.6 Å². The number of amides is 2. The number of nitrogens with one attached hydrogen (secondary N) is 2. The Hall–Kier alpha value is -3.82. The molecule has 1 aromatic heterocycles. The Morgan fingerprint density at radius 3 is 2.38 bits per heavy atom. The molecule has 3 aromatic rings. The van der Waals surface area contributed by atoms with Crippen LogP contribution in [0.4, 0.5) is 4.79 Å². The van der Waals surface area contributed by atoms with Crippen molar-refractivity contribution in [3.63, 3.8) is 0 Å². The summed E-state index contributed by atoms with van der Waals surface area (Å²) in [5.74, 6) is 0.939. The lowest BCUT2D eigenvalue weighted by atomic mass is 9.99. The molecule has 198 valence electrons. The average molecular weight is 511 g/mol. The quantitative estimate of drug-likeness (QED) is 0.192. The summed E-state index contributed by atoms with van der Waals surface area (Å²) in [5.41, 5.74) is 1.55. The smallest absolute Gasteiger partial charge is 0.405 e. The minimum atomic E-state index is -1.12. The molecular formula is C28H34N2O7. The number of furan rings is 1. The molecular weight excluding hydrogens is 476 g/mol. The zero-order valence-corrected chi connectivity index (χ0v) is 21.1. The van der Waals surface area contributed by atoms with Crippen molar-refractivity contribution < 1.29 is 33.3 Å². The second kappa shape index (κ2) is 14.7. The van der Waals surface area contributed by atoms with Crippen LogP contribution in [0.1, 0.15) is 60.2 Å². The van der Waals surface area contributed by atoms with Crippen LogP contribution >= 0.6 is 0 Å². The first-order chi connectivity index (χ1) is 18.0. The van der Waals surface area contributed by atoms with Crippen LogP contribution in [0, 0.1) is 0 Å². The van der Waals surface area contributed by atoms with Gasteiger partial charge in [0.2, 0.25) is 0 Å². The van der Waals surface area contributed by atoms with Crippen LogP contribution in [0.25, 0.3) is 0 Å². The van der Waals surface area contributed by atoms with E-state index in [0.29, 0.717) is 44.1 Å². The molecule has 0 fully saturated rings. The lowest BCUT2D eigenvalue weighted by Gasteiger charge is -2.18. The summed E-state index contributed by atoms with van der Waals surface area (Å²) in [6.07, 6.45) is 0.0146.